The van der Waals surface area contributed by atoms with Gasteiger partial charge in [-0.25, -0.2) is 19.6 Å². The van der Waals surface area contributed by atoms with Gasteiger partial charge in [0.25, 0.3) is 11.1 Å². The van der Waals surface area contributed by atoms with Crippen LogP contribution in [0.2, 0.25) is 0 Å². The van der Waals surface area contributed by atoms with E-state index >= 15 is 0 Å². The number of aryl methyl sites for hydroxylation is 4. The van der Waals surface area contributed by atoms with Crippen LogP contribution in [0.15, 0.2) is 104 Å². The number of nitrogens with one attached hydrogen (secondary N) is 1. The Labute approximate surface area is 329 Å². The number of fused-ring (bicyclic) bond motifs is 6. The minimum absolute atomic E-state index is 0.00617. The molecule has 0 radical (unpaired) electrons. The van der Waals surface area contributed by atoms with Crippen molar-refractivity contribution >= 4 is 56.6 Å². The summed E-state index contributed by atoms with van der Waals surface area (Å²) in [6.45, 7) is 3.59. The Morgan fingerprint density at radius 1 is 0.552 bits per heavy atom. The van der Waals surface area contributed by atoms with E-state index in [0.29, 0.717) is 29.9 Å². The molecule has 16 heteroatoms. The Balaban J connectivity index is 0.000000172. The summed E-state index contributed by atoms with van der Waals surface area (Å²) in [5.74, 6) is -1.66. The van der Waals surface area contributed by atoms with Gasteiger partial charge in [0.05, 0.1) is 50.1 Å². The van der Waals surface area contributed by atoms with Gasteiger partial charge in [-0.05, 0) is 49.3 Å². The third kappa shape index (κ3) is 6.91. The monoisotopic (exact) mass is 782 g/mol. The third-order valence-electron chi connectivity index (χ3n) is 9.72. The van der Waals surface area contributed by atoms with Crippen LogP contribution in [0.5, 0.6) is 0 Å². The first kappa shape index (κ1) is 40.1. The van der Waals surface area contributed by atoms with E-state index in [2.05, 4.69) is 15.3 Å². The molecule has 294 valence electrons. The number of ketones is 4. The number of Topliss-reactive ketones (excluding diaryl/α,β-unsaturated/α-hetero) is 1. The fraction of sp³-hybridized carbons (Fsp3) is 0.190. The lowest BCUT2D eigenvalue weighted by atomic mass is 9.88. The Morgan fingerprint density at radius 3 is 1.43 bits per heavy atom. The molecule has 0 spiro atoms. The summed E-state index contributed by atoms with van der Waals surface area (Å²) in [5.41, 5.74) is 5.94. The molecule has 0 amide bonds. The fourth-order valence-corrected chi connectivity index (χ4v) is 6.73. The number of pyridine rings is 2. The lowest BCUT2D eigenvalue weighted by Gasteiger charge is -2.21. The van der Waals surface area contributed by atoms with E-state index in [-0.39, 0.29) is 55.8 Å². The SMILES string of the molecule is CCc1nc2c(c3c1C(=O)C(Nc1ccccc1)=CC3=O)c(=O)n(C)c(=O)n2C.CCc1nc2c(c3c1C(=O)C=CC3=O)c(=O)n(C)c(=O)n2C.Nc1ccccc1. The van der Waals surface area contributed by atoms with Crippen LogP contribution >= 0.6 is 0 Å². The molecule has 16 nitrogen and oxygen atoms in total. The molecule has 2 aliphatic carbocycles. The summed E-state index contributed by atoms with van der Waals surface area (Å²) < 4.78 is 4.25. The highest BCUT2D eigenvalue weighted by Crippen LogP contribution is 2.29. The Bertz CT molecular complexity index is 3040. The van der Waals surface area contributed by atoms with Crippen LogP contribution in [-0.4, -0.2) is 51.4 Å². The van der Waals surface area contributed by atoms with Gasteiger partial charge in [-0.2, -0.15) is 0 Å². The molecule has 4 aromatic heterocycles. The van der Waals surface area contributed by atoms with E-state index in [9.17, 15) is 38.4 Å². The first-order chi connectivity index (χ1) is 27.6. The Kier molecular flexibility index (Phi) is 10.9. The third-order valence-corrected chi connectivity index (χ3v) is 9.72. The van der Waals surface area contributed by atoms with E-state index in [4.69, 9.17) is 5.73 Å². The molecule has 0 aliphatic heterocycles. The largest absolute Gasteiger partial charge is 0.399 e. The number of para-hydroxylation sites is 2. The first-order valence-corrected chi connectivity index (χ1v) is 18.1. The molecular weight excluding hydrogens is 745 g/mol. The molecule has 3 N–H and O–H groups in total. The van der Waals surface area contributed by atoms with Gasteiger partial charge in [0.1, 0.15) is 11.3 Å². The maximum Gasteiger partial charge on any atom is 0.332 e. The molecule has 0 bridgehead atoms. The van der Waals surface area contributed by atoms with Gasteiger partial charge in [0, 0.05) is 45.6 Å². The average Bonchev–Trinajstić information content (AvgIpc) is 3.23. The number of anilines is 2. The predicted molar refractivity (Wildman–Crippen MR) is 219 cm³/mol. The molecule has 0 atom stereocenters. The zero-order valence-electron chi connectivity index (χ0n) is 32.4. The number of benzene rings is 2. The quantitative estimate of drug-likeness (QED) is 0.247. The van der Waals surface area contributed by atoms with Crippen LogP contribution in [0.3, 0.4) is 0 Å². The van der Waals surface area contributed by atoms with Crippen LogP contribution in [0.25, 0.3) is 22.1 Å². The van der Waals surface area contributed by atoms with Gasteiger partial charge < -0.3 is 11.1 Å². The van der Waals surface area contributed by atoms with E-state index in [0.717, 1.165) is 20.9 Å². The first-order valence-electron chi connectivity index (χ1n) is 18.1. The maximum atomic E-state index is 13.2. The van der Waals surface area contributed by atoms with Gasteiger partial charge >= 0.3 is 11.4 Å². The second kappa shape index (κ2) is 15.9. The number of rotatable bonds is 4. The van der Waals surface area contributed by atoms with Crippen LogP contribution in [-0.2, 0) is 41.0 Å². The zero-order chi connectivity index (χ0) is 42.2. The molecule has 2 aliphatic rings. The van der Waals surface area contributed by atoms with Crippen LogP contribution < -0.4 is 33.5 Å². The summed E-state index contributed by atoms with van der Waals surface area (Å²) in [6.07, 6.45) is 4.30. The average molecular weight is 783 g/mol. The molecule has 58 heavy (non-hydrogen) atoms. The Hall–Kier alpha value is -7.62. The minimum atomic E-state index is -0.650. The normalized spacial score (nSPS) is 13.0. The van der Waals surface area contributed by atoms with E-state index < -0.39 is 39.8 Å². The number of carbonyl (C=O) groups is 4. The highest BCUT2D eigenvalue weighted by Gasteiger charge is 2.33. The number of nitrogens with zero attached hydrogens (tertiary/aromatic N) is 6. The highest BCUT2D eigenvalue weighted by molar-refractivity contribution is 6.29. The standard InChI is InChI=1S/C21H18N4O4.C15H13N3O4.C6H7N/c1-4-12-15-16(17-19(23-12)24(2)21(29)25(3)20(17)28)14(26)10-13(18(15)27)22-11-8-6-5-7-9-11;1-4-7-10-8(19)5-6-9(20)11(10)12-13(16-7)17(2)15(22)18(3)14(12)21;7-6-4-2-1-3-5-6/h5-10,22H,4H2,1-3H3;5-6H,4H2,1-3H3;1-5H,7H2. The van der Waals surface area contributed by atoms with Gasteiger partial charge in [-0.1, -0.05) is 50.2 Å². The predicted octanol–water partition coefficient (Wildman–Crippen LogP) is 2.97. The van der Waals surface area contributed by atoms with Crippen LogP contribution in [0.1, 0.15) is 66.7 Å². The van der Waals surface area contributed by atoms with Gasteiger partial charge in [0.2, 0.25) is 5.78 Å². The van der Waals surface area contributed by atoms with Crippen LogP contribution in [0.4, 0.5) is 11.4 Å². The van der Waals surface area contributed by atoms with Gasteiger partial charge in [-0.15, -0.1) is 0 Å². The van der Waals surface area contributed by atoms with Crippen molar-refractivity contribution in [3.05, 3.63) is 160 Å². The van der Waals surface area contributed by atoms with Crippen molar-refractivity contribution in [2.45, 2.75) is 26.7 Å². The molecule has 0 unspecified atom stereocenters. The summed E-state index contributed by atoms with van der Waals surface area (Å²) >= 11 is 0. The number of carbonyl (C=O) groups excluding carboxylic acids is 4. The van der Waals surface area contributed by atoms with E-state index in [1.165, 1.54) is 49.5 Å². The van der Waals surface area contributed by atoms with E-state index in [1.807, 2.05) is 48.5 Å². The summed E-state index contributed by atoms with van der Waals surface area (Å²) in [5, 5.41) is 2.97. The zero-order valence-corrected chi connectivity index (χ0v) is 32.4. The van der Waals surface area contributed by atoms with Crippen molar-refractivity contribution in [2.75, 3.05) is 11.1 Å². The molecular formula is C42H38N8O8. The molecule has 0 saturated carbocycles. The molecule has 4 heterocycles. The van der Waals surface area contributed by atoms with Gasteiger partial charge in [0.15, 0.2) is 17.3 Å². The van der Waals surface area contributed by atoms with Gasteiger partial charge in [-0.3, -0.25) is 47.0 Å². The maximum absolute atomic E-state index is 13.2. The second-order valence-corrected chi connectivity index (χ2v) is 13.3. The number of allylic oxidation sites excluding steroid dienone is 4. The van der Waals surface area contributed by atoms with Crippen molar-refractivity contribution in [3.63, 3.8) is 0 Å². The smallest absolute Gasteiger partial charge is 0.332 e. The number of nitrogens with two attached hydrogens (primary N) is 1. The minimum Gasteiger partial charge on any atom is -0.399 e. The number of aromatic nitrogens is 6. The van der Waals surface area contributed by atoms with Crippen LogP contribution in [0, 0.1) is 0 Å². The topological polar surface area (TPSA) is 220 Å². The molecule has 0 fully saturated rings. The lowest BCUT2D eigenvalue weighted by molar-refractivity contribution is 0.0985. The van der Waals surface area contributed by atoms with Crippen molar-refractivity contribution in [1.82, 2.24) is 28.2 Å². The summed E-state index contributed by atoms with van der Waals surface area (Å²) in [4.78, 5) is 109. The van der Waals surface area contributed by atoms with E-state index in [1.54, 1.807) is 26.0 Å². The molecule has 2 aromatic carbocycles. The number of hydrogen-bond acceptors (Lipinski definition) is 12. The summed E-state index contributed by atoms with van der Waals surface area (Å²) in [7, 11) is 5.62. The lowest BCUT2D eigenvalue weighted by Crippen LogP contribution is -2.39. The van der Waals surface area contributed by atoms with Crippen molar-refractivity contribution in [2.24, 2.45) is 28.2 Å². The molecule has 0 saturated heterocycles. The summed E-state index contributed by atoms with van der Waals surface area (Å²) in [6, 6.07) is 18.5. The van der Waals surface area contributed by atoms with Crippen molar-refractivity contribution in [1.29, 1.82) is 0 Å². The molecule has 8 rings (SSSR count). The van der Waals surface area contributed by atoms with Crippen molar-refractivity contribution < 1.29 is 19.2 Å². The molecule has 6 aromatic rings. The number of hydrogen-bond donors (Lipinski definition) is 2. The number of nitrogen functional groups attached to an aromatic ring is 1. The fourth-order valence-electron chi connectivity index (χ4n) is 6.73. The highest BCUT2D eigenvalue weighted by atomic mass is 16.2. The van der Waals surface area contributed by atoms with Crippen molar-refractivity contribution in [3.8, 4) is 0 Å². The second-order valence-electron chi connectivity index (χ2n) is 13.3. The Morgan fingerprint density at radius 2 is 0.983 bits per heavy atom.